The van der Waals surface area contributed by atoms with Crippen molar-refractivity contribution in [3.8, 4) is 11.3 Å². The van der Waals surface area contributed by atoms with E-state index in [2.05, 4.69) is 45.5 Å². The van der Waals surface area contributed by atoms with Crippen LogP contribution in [0.25, 0.3) is 16.9 Å². The van der Waals surface area contributed by atoms with Crippen molar-refractivity contribution in [2.24, 2.45) is 5.92 Å². The molecule has 1 amide bonds. The van der Waals surface area contributed by atoms with Crippen LogP contribution in [-0.2, 0) is 16.1 Å². The van der Waals surface area contributed by atoms with Gasteiger partial charge in [-0.2, -0.15) is 0 Å². The minimum atomic E-state index is 0.0809. The number of benzene rings is 1. The molecule has 2 aromatic heterocycles. The third kappa shape index (κ3) is 3.66. The van der Waals surface area contributed by atoms with Crippen molar-refractivity contribution < 1.29 is 9.53 Å². The Morgan fingerprint density at radius 1 is 1.11 bits per heavy atom. The fourth-order valence-corrected chi connectivity index (χ4v) is 3.68. The second-order valence-electron chi connectivity index (χ2n) is 7.61. The van der Waals surface area contributed by atoms with Crippen LogP contribution in [0, 0.1) is 5.92 Å². The molecule has 3 heterocycles. The van der Waals surface area contributed by atoms with Gasteiger partial charge in [-0.1, -0.05) is 30.3 Å². The number of carbonyl (C=O) groups excluding carboxylic acids is 1. The molecule has 5 rings (SSSR count). The number of hydrogen-bond acceptors (Lipinski definition) is 4. The molecule has 1 saturated carbocycles. The highest BCUT2D eigenvalue weighted by molar-refractivity contribution is 5.93. The van der Waals surface area contributed by atoms with Crippen molar-refractivity contribution in [2.75, 3.05) is 31.6 Å². The SMILES string of the molecule is O=C(Nc1cn2c(-c3ccc(CN4CCOCC4)cc3)cccc2n1)C1CC1. The summed E-state index contributed by atoms with van der Waals surface area (Å²) in [6.45, 7) is 4.58. The van der Waals surface area contributed by atoms with Crippen LogP contribution in [0.3, 0.4) is 0 Å². The van der Waals surface area contributed by atoms with E-state index in [-0.39, 0.29) is 11.8 Å². The number of hydrogen-bond donors (Lipinski definition) is 1. The molecule has 144 valence electrons. The predicted octanol–water partition coefficient (Wildman–Crippen LogP) is 3.18. The molecule has 2 aliphatic rings. The van der Waals surface area contributed by atoms with E-state index in [0.717, 1.165) is 62.6 Å². The van der Waals surface area contributed by atoms with Gasteiger partial charge in [0.05, 0.1) is 25.1 Å². The first-order valence-electron chi connectivity index (χ1n) is 9.95. The summed E-state index contributed by atoms with van der Waals surface area (Å²) in [6, 6.07) is 14.7. The number of morpholine rings is 1. The number of fused-ring (bicyclic) bond motifs is 1. The minimum Gasteiger partial charge on any atom is -0.379 e. The van der Waals surface area contributed by atoms with Crippen LogP contribution in [0.5, 0.6) is 0 Å². The van der Waals surface area contributed by atoms with Crippen molar-refractivity contribution >= 4 is 17.4 Å². The molecule has 28 heavy (non-hydrogen) atoms. The zero-order chi connectivity index (χ0) is 18.9. The average Bonchev–Trinajstić information content (AvgIpc) is 3.49. The van der Waals surface area contributed by atoms with Crippen molar-refractivity contribution in [2.45, 2.75) is 19.4 Å². The van der Waals surface area contributed by atoms with Crippen molar-refractivity contribution in [3.05, 3.63) is 54.2 Å². The smallest absolute Gasteiger partial charge is 0.228 e. The molecule has 0 spiro atoms. The molecule has 6 nitrogen and oxygen atoms in total. The number of anilines is 1. The van der Waals surface area contributed by atoms with E-state index in [1.165, 1.54) is 5.56 Å². The molecule has 1 aromatic carbocycles. The molecular weight excluding hydrogens is 352 g/mol. The summed E-state index contributed by atoms with van der Waals surface area (Å²) in [4.78, 5) is 19.0. The summed E-state index contributed by atoms with van der Waals surface area (Å²) in [5.41, 5.74) is 4.34. The van der Waals surface area contributed by atoms with E-state index in [0.29, 0.717) is 5.82 Å². The van der Waals surface area contributed by atoms with Gasteiger partial charge in [0.1, 0.15) is 5.65 Å². The number of rotatable bonds is 5. The maximum Gasteiger partial charge on any atom is 0.228 e. The van der Waals surface area contributed by atoms with E-state index >= 15 is 0 Å². The summed E-state index contributed by atoms with van der Waals surface area (Å²) < 4.78 is 7.46. The monoisotopic (exact) mass is 376 g/mol. The van der Waals surface area contributed by atoms with Gasteiger partial charge in [0, 0.05) is 25.6 Å². The molecule has 1 aliphatic carbocycles. The van der Waals surface area contributed by atoms with Crippen molar-refractivity contribution in [1.29, 1.82) is 0 Å². The maximum absolute atomic E-state index is 12.0. The maximum atomic E-state index is 12.0. The average molecular weight is 376 g/mol. The molecule has 3 aromatic rings. The van der Waals surface area contributed by atoms with Gasteiger partial charge in [-0.3, -0.25) is 14.1 Å². The molecular formula is C22H24N4O2. The molecule has 0 radical (unpaired) electrons. The highest BCUT2D eigenvalue weighted by Gasteiger charge is 2.30. The molecule has 0 unspecified atom stereocenters. The summed E-state index contributed by atoms with van der Waals surface area (Å²) in [5, 5.41) is 2.94. The van der Waals surface area contributed by atoms with Crippen LogP contribution in [-0.4, -0.2) is 46.5 Å². The van der Waals surface area contributed by atoms with Gasteiger partial charge in [0.15, 0.2) is 5.82 Å². The third-order valence-corrected chi connectivity index (χ3v) is 5.45. The lowest BCUT2D eigenvalue weighted by Gasteiger charge is -2.26. The van der Waals surface area contributed by atoms with Crippen LogP contribution in [0.4, 0.5) is 5.82 Å². The first-order chi connectivity index (χ1) is 13.8. The number of carbonyl (C=O) groups is 1. The molecule has 6 heteroatoms. The number of imidazole rings is 1. The Kier molecular flexibility index (Phi) is 4.58. The van der Waals surface area contributed by atoms with Gasteiger partial charge in [0.25, 0.3) is 0 Å². The first kappa shape index (κ1) is 17.4. The number of aromatic nitrogens is 2. The summed E-state index contributed by atoms with van der Waals surface area (Å²) in [5.74, 6) is 0.869. The Labute approximate surface area is 164 Å². The summed E-state index contributed by atoms with van der Waals surface area (Å²) >= 11 is 0. The largest absolute Gasteiger partial charge is 0.379 e. The highest BCUT2D eigenvalue weighted by atomic mass is 16.5. The summed E-state index contributed by atoms with van der Waals surface area (Å²) in [6.07, 6.45) is 3.88. The van der Waals surface area contributed by atoms with Gasteiger partial charge < -0.3 is 10.1 Å². The first-order valence-corrected chi connectivity index (χ1v) is 9.95. The normalized spacial score (nSPS) is 17.7. The zero-order valence-corrected chi connectivity index (χ0v) is 15.8. The lowest BCUT2D eigenvalue weighted by atomic mass is 10.1. The van der Waals surface area contributed by atoms with E-state index in [1.807, 2.05) is 22.7 Å². The number of amides is 1. The molecule has 1 N–H and O–H groups in total. The number of nitrogens with one attached hydrogen (secondary N) is 1. The Hall–Kier alpha value is -2.70. The van der Waals surface area contributed by atoms with Gasteiger partial charge >= 0.3 is 0 Å². The quantitative estimate of drug-likeness (QED) is 0.743. The van der Waals surface area contributed by atoms with Crippen molar-refractivity contribution in [3.63, 3.8) is 0 Å². The lowest BCUT2D eigenvalue weighted by molar-refractivity contribution is -0.117. The summed E-state index contributed by atoms with van der Waals surface area (Å²) in [7, 11) is 0. The van der Waals surface area contributed by atoms with E-state index in [9.17, 15) is 4.79 Å². The second kappa shape index (κ2) is 7.37. The molecule has 1 aliphatic heterocycles. The standard InChI is InChI=1S/C22H24N4O2/c27-22(18-8-9-18)24-20-15-26-19(2-1-3-21(26)23-20)17-6-4-16(5-7-17)14-25-10-12-28-13-11-25/h1-7,15,18H,8-14H2,(H,24,27). The van der Waals surface area contributed by atoms with Gasteiger partial charge in [-0.15, -0.1) is 0 Å². The fraction of sp³-hybridized carbons (Fsp3) is 0.364. The van der Waals surface area contributed by atoms with Gasteiger partial charge in [-0.25, -0.2) is 4.98 Å². The number of pyridine rings is 1. The molecule has 0 bridgehead atoms. The molecule has 2 fully saturated rings. The fourth-order valence-electron chi connectivity index (χ4n) is 3.68. The minimum absolute atomic E-state index is 0.0809. The Balaban J connectivity index is 1.37. The van der Waals surface area contributed by atoms with Gasteiger partial charge in [-0.05, 0) is 36.1 Å². The molecule has 0 atom stereocenters. The topological polar surface area (TPSA) is 58.9 Å². The predicted molar refractivity (Wildman–Crippen MR) is 108 cm³/mol. The Morgan fingerprint density at radius 3 is 2.64 bits per heavy atom. The van der Waals surface area contributed by atoms with Crippen molar-refractivity contribution in [1.82, 2.24) is 14.3 Å². The zero-order valence-electron chi connectivity index (χ0n) is 15.8. The van der Waals surface area contributed by atoms with E-state index < -0.39 is 0 Å². The van der Waals surface area contributed by atoms with Crippen LogP contribution in [0.1, 0.15) is 18.4 Å². The lowest BCUT2D eigenvalue weighted by Crippen LogP contribution is -2.35. The van der Waals surface area contributed by atoms with E-state index in [1.54, 1.807) is 0 Å². The van der Waals surface area contributed by atoms with Crippen LogP contribution >= 0.6 is 0 Å². The highest BCUT2D eigenvalue weighted by Crippen LogP contribution is 2.30. The van der Waals surface area contributed by atoms with Crippen LogP contribution < -0.4 is 5.32 Å². The third-order valence-electron chi connectivity index (χ3n) is 5.45. The van der Waals surface area contributed by atoms with Crippen LogP contribution in [0.2, 0.25) is 0 Å². The molecule has 1 saturated heterocycles. The van der Waals surface area contributed by atoms with E-state index in [4.69, 9.17) is 4.74 Å². The number of ether oxygens (including phenoxy) is 1. The Bertz CT molecular complexity index is 985. The number of nitrogens with zero attached hydrogens (tertiary/aromatic N) is 3. The second-order valence-corrected chi connectivity index (χ2v) is 7.61. The Morgan fingerprint density at radius 2 is 1.89 bits per heavy atom. The van der Waals surface area contributed by atoms with Gasteiger partial charge in [0.2, 0.25) is 5.91 Å². The van der Waals surface area contributed by atoms with Crippen LogP contribution in [0.15, 0.2) is 48.7 Å².